The fourth-order valence-electron chi connectivity index (χ4n) is 2.25. The van der Waals surface area contributed by atoms with E-state index in [2.05, 4.69) is 10.1 Å². The van der Waals surface area contributed by atoms with Crippen LogP contribution in [0.1, 0.15) is 11.4 Å². The summed E-state index contributed by atoms with van der Waals surface area (Å²) >= 11 is 0. The number of nitrogens with one attached hydrogen (secondary N) is 1. The lowest BCUT2D eigenvalue weighted by molar-refractivity contribution is 0.853. The van der Waals surface area contributed by atoms with Crippen molar-refractivity contribution < 1.29 is 0 Å². The minimum Gasteiger partial charge on any atom is -0.326 e. The molecule has 3 rings (SSSR count). The molecule has 5 nitrogen and oxygen atoms in total. The Balaban J connectivity index is 2.41. The molecule has 0 aliphatic heterocycles. The minimum atomic E-state index is -0.141. The number of fused-ring (bicyclic) bond motifs is 1. The van der Waals surface area contributed by atoms with E-state index in [1.807, 2.05) is 43.3 Å². The number of aromatic amines is 1. The smallest absolute Gasteiger partial charge is 0.259 e. The summed E-state index contributed by atoms with van der Waals surface area (Å²) in [7, 11) is 0. The molecule has 1 aromatic carbocycles. The first kappa shape index (κ1) is 11.7. The van der Waals surface area contributed by atoms with Crippen molar-refractivity contribution in [3.63, 3.8) is 0 Å². The fourth-order valence-corrected chi connectivity index (χ4v) is 2.25. The third kappa shape index (κ3) is 1.84. The number of aromatic nitrogens is 3. The van der Waals surface area contributed by atoms with Gasteiger partial charge in [-0.05, 0) is 25.1 Å². The lowest BCUT2D eigenvalue weighted by Crippen LogP contribution is -2.09. The number of para-hydroxylation sites is 1. The molecule has 2 aromatic heterocycles. The van der Waals surface area contributed by atoms with Gasteiger partial charge in [0.2, 0.25) is 0 Å². The number of H-pyrrole nitrogens is 1. The highest BCUT2D eigenvalue weighted by atomic mass is 16.1. The van der Waals surface area contributed by atoms with Crippen molar-refractivity contribution in [3.05, 3.63) is 58.1 Å². The molecule has 0 saturated heterocycles. The lowest BCUT2D eigenvalue weighted by atomic mass is 10.2. The predicted octanol–water partition coefficient (Wildman–Crippen LogP) is 1.48. The van der Waals surface area contributed by atoms with E-state index in [1.54, 1.807) is 4.68 Å². The van der Waals surface area contributed by atoms with Gasteiger partial charge in [-0.1, -0.05) is 18.2 Å². The molecule has 19 heavy (non-hydrogen) atoms. The molecule has 3 N–H and O–H groups in total. The Labute approximate surface area is 109 Å². The molecule has 3 aromatic rings. The van der Waals surface area contributed by atoms with Crippen LogP contribution in [0.3, 0.4) is 0 Å². The number of pyridine rings is 1. The van der Waals surface area contributed by atoms with E-state index in [0.717, 1.165) is 16.9 Å². The van der Waals surface area contributed by atoms with Crippen LogP contribution in [0.15, 0.2) is 41.2 Å². The lowest BCUT2D eigenvalue weighted by Gasteiger charge is -2.03. The van der Waals surface area contributed by atoms with Crippen LogP contribution in [0.5, 0.6) is 0 Å². The van der Waals surface area contributed by atoms with E-state index in [4.69, 9.17) is 5.73 Å². The molecule has 5 heteroatoms. The Morgan fingerprint density at radius 1 is 1.32 bits per heavy atom. The van der Waals surface area contributed by atoms with Gasteiger partial charge >= 0.3 is 0 Å². The zero-order valence-electron chi connectivity index (χ0n) is 10.6. The van der Waals surface area contributed by atoms with Crippen LogP contribution in [-0.4, -0.2) is 14.8 Å². The number of hydrogen-bond acceptors (Lipinski definition) is 3. The molecule has 0 aliphatic rings. The van der Waals surface area contributed by atoms with E-state index in [1.165, 1.54) is 0 Å². The van der Waals surface area contributed by atoms with Gasteiger partial charge in [0.1, 0.15) is 0 Å². The highest BCUT2D eigenvalue weighted by molar-refractivity contribution is 5.82. The molecule has 0 atom stereocenters. The topological polar surface area (TPSA) is 76.7 Å². The molecule has 96 valence electrons. The van der Waals surface area contributed by atoms with E-state index in [0.29, 0.717) is 11.1 Å². The van der Waals surface area contributed by atoms with Crippen molar-refractivity contribution in [2.75, 3.05) is 0 Å². The number of aryl methyl sites for hydroxylation is 1. The first-order valence-electron chi connectivity index (χ1n) is 6.07. The van der Waals surface area contributed by atoms with E-state index >= 15 is 0 Å². The Hall–Kier alpha value is -2.40. The minimum absolute atomic E-state index is 0.141. The van der Waals surface area contributed by atoms with Crippen LogP contribution in [0, 0.1) is 6.92 Å². The number of nitrogens with two attached hydrogens (primary N) is 1. The highest BCUT2D eigenvalue weighted by Gasteiger charge is 2.14. The summed E-state index contributed by atoms with van der Waals surface area (Å²) in [6, 6.07) is 11.6. The summed E-state index contributed by atoms with van der Waals surface area (Å²) in [6.07, 6.45) is 0. The third-order valence-corrected chi connectivity index (χ3v) is 3.08. The molecule has 0 aliphatic carbocycles. The Kier molecular flexibility index (Phi) is 2.68. The van der Waals surface area contributed by atoms with Crippen molar-refractivity contribution in [1.82, 2.24) is 14.8 Å². The second-order valence-electron chi connectivity index (χ2n) is 4.44. The van der Waals surface area contributed by atoms with Crippen molar-refractivity contribution in [3.8, 4) is 5.69 Å². The second kappa shape index (κ2) is 4.37. The summed E-state index contributed by atoms with van der Waals surface area (Å²) in [6.45, 7) is 2.09. The predicted molar refractivity (Wildman–Crippen MR) is 74.3 cm³/mol. The summed E-state index contributed by atoms with van der Waals surface area (Å²) in [5, 5.41) is 5.02. The quantitative estimate of drug-likeness (QED) is 0.727. The molecule has 2 heterocycles. The van der Waals surface area contributed by atoms with Crippen LogP contribution in [0.25, 0.3) is 16.6 Å². The first-order chi connectivity index (χ1) is 9.20. The number of nitrogens with zero attached hydrogens (tertiary/aromatic N) is 2. The number of benzene rings is 1. The molecular formula is C14H14N4O. The molecule has 0 amide bonds. The first-order valence-corrected chi connectivity index (χ1v) is 6.07. The van der Waals surface area contributed by atoms with Gasteiger partial charge in [-0.25, -0.2) is 4.68 Å². The van der Waals surface area contributed by atoms with Crippen molar-refractivity contribution in [2.45, 2.75) is 13.5 Å². The van der Waals surface area contributed by atoms with Crippen LogP contribution < -0.4 is 11.3 Å². The molecule has 0 unspecified atom stereocenters. The SMILES string of the molecule is Cc1cc2c(c(CN)nn2-c2ccccc2)c(=O)[nH]1. The van der Waals surface area contributed by atoms with Crippen LogP contribution >= 0.6 is 0 Å². The van der Waals surface area contributed by atoms with Crippen molar-refractivity contribution in [2.24, 2.45) is 5.73 Å². The molecule has 0 saturated carbocycles. The van der Waals surface area contributed by atoms with Gasteiger partial charge < -0.3 is 10.7 Å². The van der Waals surface area contributed by atoms with Gasteiger partial charge in [0, 0.05) is 12.2 Å². The van der Waals surface area contributed by atoms with Gasteiger partial charge in [-0.3, -0.25) is 4.79 Å². The summed E-state index contributed by atoms with van der Waals surface area (Å²) in [5.41, 5.74) is 8.66. The van der Waals surface area contributed by atoms with Gasteiger partial charge in [0.25, 0.3) is 5.56 Å². The Morgan fingerprint density at radius 3 is 2.74 bits per heavy atom. The molecular weight excluding hydrogens is 240 g/mol. The van der Waals surface area contributed by atoms with Crippen molar-refractivity contribution >= 4 is 10.9 Å². The van der Waals surface area contributed by atoms with Crippen molar-refractivity contribution in [1.29, 1.82) is 0 Å². The van der Waals surface area contributed by atoms with Crippen LogP contribution in [-0.2, 0) is 6.54 Å². The van der Waals surface area contributed by atoms with E-state index in [-0.39, 0.29) is 12.1 Å². The average Bonchev–Trinajstić information content (AvgIpc) is 2.78. The monoisotopic (exact) mass is 254 g/mol. The largest absolute Gasteiger partial charge is 0.326 e. The highest BCUT2D eigenvalue weighted by Crippen LogP contribution is 2.19. The van der Waals surface area contributed by atoms with Crippen LogP contribution in [0.2, 0.25) is 0 Å². The Morgan fingerprint density at radius 2 is 2.05 bits per heavy atom. The van der Waals surface area contributed by atoms with Gasteiger partial charge in [0.15, 0.2) is 0 Å². The molecule has 0 radical (unpaired) electrons. The standard InChI is InChI=1S/C14H14N4O/c1-9-7-12-13(14(19)16-9)11(8-15)17-18(12)10-5-3-2-4-6-10/h2-7H,8,15H2,1H3,(H,16,19). The van der Waals surface area contributed by atoms with Gasteiger partial charge in [0.05, 0.1) is 22.3 Å². The third-order valence-electron chi connectivity index (χ3n) is 3.08. The maximum absolute atomic E-state index is 12.1. The summed E-state index contributed by atoms with van der Waals surface area (Å²) in [5.74, 6) is 0. The molecule has 0 fully saturated rings. The van der Waals surface area contributed by atoms with E-state index < -0.39 is 0 Å². The van der Waals surface area contributed by atoms with E-state index in [9.17, 15) is 4.79 Å². The zero-order valence-corrected chi connectivity index (χ0v) is 10.6. The molecule has 0 bridgehead atoms. The maximum Gasteiger partial charge on any atom is 0.259 e. The zero-order chi connectivity index (χ0) is 13.4. The van der Waals surface area contributed by atoms with Gasteiger partial charge in [-0.2, -0.15) is 5.10 Å². The number of hydrogen-bond donors (Lipinski definition) is 2. The van der Waals surface area contributed by atoms with Gasteiger partial charge in [-0.15, -0.1) is 0 Å². The maximum atomic E-state index is 12.1. The Bertz CT molecular complexity index is 786. The number of rotatable bonds is 2. The normalized spacial score (nSPS) is 11.1. The fraction of sp³-hybridized carbons (Fsp3) is 0.143. The summed E-state index contributed by atoms with van der Waals surface area (Å²) < 4.78 is 1.76. The average molecular weight is 254 g/mol. The molecule has 0 spiro atoms. The van der Waals surface area contributed by atoms with Crippen LogP contribution in [0.4, 0.5) is 0 Å². The second-order valence-corrected chi connectivity index (χ2v) is 4.44. The summed E-state index contributed by atoms with van der Waals surface area (Å²) in [4.78, 5) is 14.8.